The number of hydrogen-bond acceptors (Lipinski definition) is 6. The van der Waals surface area contributed by atoms with Crippen molar-refractivity contribution < 1.29 is 23.9 Å². The second-order valence-corrected chi connectivity index (χ2v) is 5.98. The first-order valence-corrected chi connectivity index (χ1v) is 8.85. The van der Waals surface area contributed by atoms with Crippen molar-refractivity contribution in [1.82, 2.24) is 5.32 Å². The summed E-state index contributed by atoms with van der Waals surface area (Å²) in [5, 5.41) is 13.7. The molecule has 0 aromatic heterocycles. The van der Waals surface area contributed by atoms with E-state index in [1.54, 1.807) is 13.2 Å². The van der Waals surface area contributed by atoms with E-state index in [-0.39, 0.29) is 18.6 Å². The number of benzene rings is 2. The van der Waals surface area contributed by atoms with Gasteiger partial charge in [0.2, 0.25) is 5.91 Å². The molecule has 8 nitrogen and oxygen atoms in total. The summed E-state index contributed by atoms with van der Waals surface area (Å²) in [5.74, 6) is -0.714. The van der Waals surface area contributed by atoms with Crippen LogP contribution in [0.5, 0.6) is 5.75 Å². The standard InChI is InChI=1S/C21H21N3O5/c1-28-18-8-2-15(3-9-18)11-13-23-20(26)14-29-21(27)16-4-6-17(7-5-16)24-19(25)10-12-22/h2-9H,10-11,13-14H2,1H3,(H,23,26)(H,24,25). The quantitative estimate of drug-likeness (QED) is 0.628. The predicted octanol–water partition coefficient (Wildman–Crippen LogP) is 2.06. The molecule has 2 aromatic rings. The summed E-state index contributed by atoms with van der Waals surface area (Å²) < 4.78 is 10.1. The lowest BCUT2D eigenvalue weighted by molar-refractivity contribution is -0.124. The van der Waals surface area contributed by atoms with Crippen LogP contribution in [0.4, 0.5) is 5.69 Å². The van der Waals surface area contributed by atoms with Gasteiger partial charge in [0.1, 0.15) is 12.2 Å². The number of methoxy groups -OCH3 is 1. The van der Waals surface area contributed by atoms with Gasteiger partial charge in [0.15, 0.2) is 6.61 Å². The lowest BCUT2D eigenvalue weighted by Gasteiger charge is -2.08. The molecule has 0 aliphatic rings. The van der Waals surface area contributed by atoms with Gasteiger partial charge in [-0.05, 0) is 48.4 Å². The molecule has 0 aliphatic carbocycles. The van der Waals surface area contributed by atoms with Gasteiger partial charge < -0.3 is 20.1 Å². The second-order valence-electron chi connectivity index (χ2n) is 5.98. The number of nitrogens with one attached hydrogen (secondary N) is 2. The van der Waals surface area contributed by atoms with E-state index in [9.17, 15) is 14.4 Å². The first kappa shape index (κ1) is 21.4. The highest BCUT2D eigenvalue weighted by Gasteiger charge is 2.10. The van der Waals surface area contributed by atoms with Crippen LogP contribution in [0.15, 0.2) is 48.5 Å². The molecule has 0 spiro atoms. The Kier molecular flexibility index (Phi) is 8.20. The zero-order valence-corrected chi connectivity index (χ0v) is 15.9. The first-order chi connectivity index (χ1) is 14.0. The van der Waals surface area contributed by atoms with Crippen LogP contribution in [-0.4, -0.2) is 38.0 Å². The number of esters is 1. The number of amides is 2. The van der Waals surface area contributed by atoms with Crippen LogP contribution in [0.2, 0.25) is 0 Å². The van der Waals surface area contributed by atoms with E-state index >= 15 is 0 Å². The molecular weight excluding hydrogens is 374 g/mol. The Labute approximate surface area is 168 Å². The van der Waals surface area contributed by atoms with E-state index in [0.717, 1.165) is 11.3 Å². The summed E-state index contributed by atoms with van der Waals surface area (Å²) in [6.07, 6.45) is 0.389. The molecule has 0 fully saturated rings. The summed E-state index contributed by atoms with van der Waals surface area (Å²) in [6.45, 7) is 0.0297. The Balaban J connectivity index is 1.71. The highest BCUT2D eigenvalue weighted by Crippen LogP contribution is 2.12. The molecule has 2 amide bonds. The summed E-state index contributed by atoms with van der Waals surface area (Å²) in [5.41, 5.74) is 1.75. The topological polar surface area (TPSA) is 118 Å². The van der Waals surface area contributed by atoms with E-state index < -0.39 is 17.8 Å². The van der Waals surface area contributed by atoms with E-state index in [2.05, 4.69) is 10.6 Å². The number of hydrogen-bond donors (Lipinski definition) is 2. The number of nitriles is 1. The van der Waals surface area contributed by atoms with Crippen LogP contribution in [0.25, 0.3) is 0 Å². The number of anilines is 1. The number of ether oxygens (including phenoxy) is 2. The Morgan fingerprint density at radius 3 is 2.31 bits per heavy atom. The Morgan fingerprint density at radius 1 is 1.00 bits per heavy atom. The van der Waals surface area contributed by atoms with Crippen LogP contribution in [0.3, 0.4) is 0 Å². The lowest BCUT2D eigenvalue weighted by atomic mass is 10.1. The monoisotopic (exact) mass is 395 g/mol. The molecule has 2 N–H and O–H groups in total. The van der Waals surface area contributed by atoms with Gasteiger partial charge in [-0.2, -0.15) is 5.26 Å². The van der Waals surface area contributed by atoms with Gasteiger partial charge in [0.25, 0.3) is 5.91 Å². The van der Waals surface area contributed by atoms with Crippen LogP contribution >= 0.6 is 0 Å². The van der Waals surface area contributed by atoms with Crippen molar-refractivity contribution in [3.05, 3.63) is 59.7 Å². The van der Waals surface area contributed by atoms with Gasteiger partial charge in [0.05, 0.1) is 18.7 Å². The Hall–Kier alpha value is -3.86. The van der Waals surface area contributed by atoms with E-state index in [1.165, 1.54) is 24.3 Å². The van der Waals surface area contributed by atoms with E-state index in [0.29, 0.717) is 18.7 Å². The minimum Gasteiger partial charge on any atom is -0.497 e. The maximum absolute atomic E-state index is 12.0. The number of carbonyl (C=O) groups is 3. The van der Waals surface area contributed by atoms with Crippen molar-refractivity contribution in [2.45, 2.75) is 12.8 Å². The molecule has 0 bridgehead atoms. The Morgan fingerprint density at radius 2 is 1.69 bits per heavy atom. The van der Waals surface area contributed by atoms with E-state index in [4.69, 9.17) is 14.7 Å². The third kappa shape index (κ3) is 7.34. The lowest BCUT2D eigenvalue weighted by Crippen LogP contribution is -2.30. The zero-order chi connectivity index (χ0) is 21.1. The molecule has 2 aromatic carbocycles. The first-order valence-electron chi connectivity index (χ1n) is 8.85. The van der Waals surface area contributed by atoms with Gasteiger partial charge in [-0.15, -0.1) is 0 Å². The summed E-state index contributed by atoms with van der Waals surface area (Å²) in [6, 6.07) is 15.2. The van der Waals surface area contributed by atoms with Gasteiger partial charge in [-0.3, -0.25) is 9.59 Å². The fourth-order valence-corrected chi connectivity index (χ4v) is 2.37. The molecule has 0 saturated carbocycles. The minimum absolute atomic E-state index is 0.245. The predicted molar refractivity (Wildman–Crippen MR) is 105 cm³/mol. The van der Waals surface area contributed by atoms with Crippen molar-refractivity contribution in [3.63, 3.8) is 0 Å². The maximum Gasteiger partial charge on any atom is 0.338 e. The van der Waals surface area contributed by atoms with Crippen molar-refractivity contribution in [1.29, 1.82) is 5.26 Å². The van der Waals surface area contributed by atoms with Crippen LogP contribution in [-0.2, 0) is 20.7 Å². The normalized spacial score (nSPS) is 9.79. The molecule has 0 unspecified atom stereocenters. The largest absolute Gasteiger partial charge is 0.497 e. The van der Waals surface area contributed by atoms with Gasteiger partial charge in [-0.25, -0.2) is 4.79 Å². The molecule has 0 atom stereocenters. The number of carbonyl (C=O) groups excluding carboxylic acids is 3. The van der Waals surface area contributed by atoms with Crippen molar-refractivity contribution in [3.8, 4) is 11.8 Å². The molecular formula is C21H21N3O5. The molecule has 8 heteroatoms. The SMILES string of the molecule is COc1ccc(CCNC(=O)COC(=O)c2ccc(NC(=O)CC#N)cc2)cc1. The van der Waals surface area contributed by atoms with Gasteiger partial charge >= 0.3 is 5.97 Å². The average molecular weight is 395 g/mol. The van der Waals surface area contributed by atoms with Gasteiger partial charge in [0, 0.05) is 12.2 Å². The zero-order valence-electron chi connectivity index (χ0n) is 15.9. The van der Waals surface area contributed by atoms with Crippen LogP contribution in [0, 0.1) is 11.3 Å². The third-order valence-corrected chi connectivity index (χ3v) is 3.87. The molecule has 2 rings (SSSR count). The van der Waals surface area contributed by atoms with Crippen LogP contribution in [0.1, 0.15) is 22.3 Å². The number of nitrogens with zero attached hydrogens (tertiary/aromatic N) is 1. The molecule has 0 saturated heterocycles. The minimum atomic E-state index is -0.648. The molecule has 0 radical (unpaired) electrons. The molecule has 150 valence electrons. The molecule has 0 heterocycles. The number of rotatable bonds is 9. The molecule has 29 heavy (non-hydrogen) atoms. The van der Waals surface area contributed by atoms with Crippen LogP contribution < -0.4 is 15.4 Å². The molecule has 0 aliphatic heterocycles. The highest BCUT2D eigenvalue weighted by atomic mass is 16.5. The van der Waals surface area contributed by atoms with Crippen molar-refractivity contribution in [2.75, 3.05) is 25.6 Å². The summed E-state index contributed by atoms with van der Waals surface area (Å²) in [4.78, 5) is 35.2. The van der Waals surface area contributed by atoms with E-state index in [1.807, 2.05) is 24.3 Å². The average Bonchev–Trinajstić information content (AvgIpc) is 2.73. The fraction of sp³-hybridized carbons (Fsp3) is 0.238. The third-order valence-electron chi connectivity index (χ3n) is 3.87. The maximum atomic E-state index is 12.0. The Bertz CT molecular complexity index is 886. The van der Waals surface area contributed by atoms with Crippen molar-refractivity contribution in [2.24, 2.45) is 0 Å². The summed E-state index contributed by atoms with van der Waals surface area (Å²) in [7, 11) is 1.60. The second kappa shape index (κ2) is 11.1. The van der Waals surface area contributed by atoms with Gasteiger partial charge in [-0.1, -0.05) is 12.1 Å². The highest BCUT2D eigenvalue weighted by molar-refractivity contribution is 5.94. The summed E-state index contributed by atoms with van der Waals surface area (Å²) >= 11 is 0. The van der Waals surface area contributed by atoms with Crippen molar-refractivity contribution >= 4 is 23.5 Å². The fourth-order valence-electron chi connectivity index (χ4n) is 2.37. The smallest absolute Gasteiger partial charge is 0.338 e.